The Balaban J connectivity index is 0.000000254. The second-order valence-electron chi connectivity index (χ2n) is 6.61. The fourth-order valence-corrected chi connectivity index (χ4v) is 2.45. The van der Waals surface area contributed by atoms with E-state index in [2.05, 4.69) is 38.1 Å². The van der Waals surface area contributed by atoms with E-state index in [1.807, 2.05) is 0 Å². The lowest BCUT2D eigenvalue weighted by Gasteiger charge is -2.07. The molecule has 0 fully saturated rings. The predicted molar refractivity (Wildman–Crippen MR) is 101 cm³/mol. The van der Waals surface area contributed by atoms with Crippen LogP contribution in [0.4, 0.5) is 13.2 Å². The molecule has 3 aromatic carbocycles. The third-order valence-corrected chi connectivity index (χ3v) is 4.16. The van der Waals surface area contributed by atoms with Crippen molar-refractivity contribution in [2.45, 2.75) is 34.1 Å². The van der Waals surface area contributed by atoms with E-state index >= 15 is 0 Å². The van der Waals surface area contributed by atoms with Gasteiger partial charge in [0.25, 0.3) is 0 Å². The fourth-order valence-electron chi connectivity index (χ4n) is 2.45. The van der Waals surface area contributed by atoms with Crippen molar-refractivity contribution in [1.82, 2.24) is 0 Å². The summed E-state index contributed by atoms with van der Waals surface area (Å²) in [6, 6.07) is 15.8. The third-order valence-electron chi connectivity index (χ3n) is 4.16. The van der Waals surface area contributed by atoms with Crippen LogP contribution in [0.1, 0.15) is 33.4 Å². The molecule has 0 aliphatic carbocycles. The number of hydrogen-bond acceptors (Lipinski definition) is 0. The molecular weight excluding hydrogens is 333 g/mol. The molecule has 0 N–H and O–H groups in total. The molecule has 0 nitrogen and oxygen atoms in total. The lowest BCUT2D eigenvalue weighted by Crippen LogP contribution is -1.97. The quantitative estimate of drug-likeness (QED) is 0.484. The third kappa shape index (κ3) is 5.48. The molecule has 0 saturated heterocycles. The minimum Gasteiger partial charge on any atom is -0.207 e. The highest BCUT2D eigenvalue weighted by Gasteiger charge is 2.09. The van der Waals surface area contributed by atoms with Crippen molar-refractivity contribution in [3.63, 3.8) is 0 Å². The van der Waals surface area contributed by atoms with Crippen LogP contribution in [0.25, 0.3) is 0 Å². The SMILES string of the molecule is Cc1ccc(C)cc1.Cc1ccc(Cc2cc(F)c(C)c(F)c2)c(F)c1. The van der Waals surface area contributed by atoms with Crippen molar-refractivity contribution in [3.05, 3.63) is 105 Å². The van der Waals surface area contributed by atoms with Crippen molar-refractivity contribution in [1.29, 1.82) is 0 Å². The Labute approximate surface area is 153 Å². The van der Waals surface area contributed by atoms with Gasteiger partial charge in [-0.05, 0) is 62.6 Å². The molecule has 0 aromatic heterocycles. The summed E-state index contributed by atoms with van der Waals surface area (Å²) in [7, 11) is 0. The van der Waals surface area contributed by atoms with E-state index in [-0.39, 0.29) is 17.8 Å². The van der Waals surface area contributed by atoms with Gasteiger partial charge in [-0.3, -0.25) is 0 Å². The minimum atomic E-state index is -0.600. The number of hydrogen-bond donors (Lipinski definition) is 0. The van der Waals surface area contributed by atoms with E-state index in [0.717, 1.165) is 5.56 Å². The Hall–Kier alpha value is -2.55. The standard InChI is InChI=1S/C15H13F3.C8H10/c1-9-3-4-12(15(18)5-9)6-11-7-13(16)10(2)14(17)8-11;1-7-3-5-8(2)6-4-7/h3-5,7-8H,6H2,1-2H3;3-6H,1-2H3. The fraction of sp³-hybridized carbons (Fsp3) is 0.217. The molecular formula is C23H23F3. The summed E-state index contributed by atoms with van der Waals surface area (Å²) < 4.78 is 40.4. The summed E-state index contributed by atoms with van der Waals surface area (Å²) in [6.45, 7) is 7.36. The van der Waals surface area contributed by atoms with Crippen molar-refractivity contribution in [2.75, 3.05) is 0 Å². The van der Waals surface area contributed by atoms with Crippen LogP contribution in [-0.2, 0) is 6.42 Å². The van der Waals surface area contributed by atoms with E-state index in [1.54, 1.807) is 19.1 Å². The molecule has 3 rings (SSSR count). The molecule has 0 heterocycles. The Morgan fingerprint density at radius 3 is 1.50 bits per heavy atom. The molecule has 0 radical (unpaired) electrons. The van der Waals surface area contributed by atoms with Gasteiger partial charge in [-0.25, -0.2) is 13.2 Å². The first-order valence-corrected chi connectivity index (χ1v) is 8.49. The molecule has 3 aromatic rings. The van der Waals surface area contributed by atoms with Crippen LogP contribution in [0.5, 0.6) is 0 Å². The monoisotopic (exact) mass is 356 g/mol. The Kier molecular flexibility index (Phi) is 6.62. The lowest BCUT2D eigenvalue weighted by atomic mass is 10.0. The van der Waals surface area contributed by atoms with Crippen LogP contribution in [0.15, 0.2) is 54.6 Å². The first-order valence-electron chi connectivity index (χ1n) is 8.49. The largest absolute Gasteiger partial charge is 0.207 e. The molecule has 136 valence electrons. The van der Waals surface area contributed by atoms with Gasteiger partial charge in [-0.1, -0.05) is 47.5 Å². The Morgan fingerprint density at radius 1 is 0.577 bits per heavy atom. The highest BCUT2D eigenvalue weighted by molar-refractivity contribution is 5.32. The highest BCUT2D eigenvalue weighted by Crippen LogP contribution is 2.19. The molecule has 0 aliphatic heterocycles. The lowest BCUT2D eigenvalue weighted by molar-refractivity contribution is 0.564. The van der Waals surface area contributed by atoms with Gasteiger partial charge in [-0.2, -0.15) is 0 Å². The van der Waals surface area contributed by atoms with Gasteiger partial charge >= 0.3 is 0 Å². The molecule has 0 bridgehead atoms. The van der Waals surface area contributed by atoms with E-state index in [9.17, 15) is 13.2 Å². The molecule has 0 atom stereocenters. The summed E-state index contributed by atoms with van der Waals surface area (Å²) in [5, 5.41) is 0. The summed E-state index contributed by atoms with van der Waals surface area (Å²) in [5.74, 6) is -1.55. The molecule has 0 spiro atoms. The van der Waals surface area contributed by atoms with Crippen LogP contribution >= 0.6 is 0 Å². The zero-order valence-corrected chi connectivity index (χ0v) is 15.5. The molecule has 0 saturated carbocycles. The number of rotatable bonds is 2. The van der Waals surface area contributed by atoms with Crippen LogP contribution in [0, 0.1) is 45.1 Å². The van der Waals surface area contributed by atoms with E-state index in [0.29, 0.717) is 11.1 Å². The zero-order chi connectivity index (χ0) is 19.3. The van der Waals surface area contributed by atoms with Gasteiger partial charge in [0.05, 0.1) is 0 Å². The van der Waals surface area contributed by atoms with E-state index < -0.39 is 11.6 Å². The first kappa shape index (κ1) is 19.8. The maximum Gasteiger partial charge on any atom is 0.129 e. The molecule has 0 aliphatic rings. The molecule has 26 heavy (non-hydrogen) atoms. The van der Waals surface area contributed by atoms with E-state index in [4.69, 9.17) is 0 Å². The normalized spacial score (nSPS) is 10.3. The predicted octanol–water partition coefficient (Wildman–Crippen LogP) is 6.61. The van der Waals surface area contributed by atoms with E-state index in [1.165, 1.54) is 36.2 Å². The first-order chi connectivity index (χ1) is 12.3. The average Bonchev–Trinajstić information content (AvgIpc) is 2.58. The van der Waals surface area contributed by atoms with Gasteiger partial charge in [-0.15, -0.1) is 0 Å². The van der Waals surface area contributed by atoms with Crippen LogP contribution < -0.4 is 0 Å². The molecule has 3 heteroatoms. The minimum absolute atomic E-state index is 0.0110. The maximum atomic E-state index is 13.6. The number of aryl methyl sites for hydroxylation is 3. The summed E-state index contributed by atoms with van der Waals surface area (Å²) in [4.78, 5) is 0. The summed E-state index contributed by atoms with van der Waals surface area (Å²) in [6.07, 6.45) is 0.181. The van der Waals surface area contributed by atoms with Gasteiger partial charge < -0.3 is 0 Å². The highest BCUT2D eigenvalue weighted by atomic mass is 19.1. The summed E-state index contributed by atoms with van der Waals surface area (Å²) >= 11 is 0. The van der Waals surface area contributed by atoms with Gasteiger partial charge in [0.15, 0.2) is 0 Å². The number of halogens is 3. The number of benzene rings is 3. The summed E-state index contributed by atoms with van der Waals surface area (Å²) in [5.41, 5.74) is 4.33. The zero-order valence-electron chi connectivity index (χ0n) is 15.5. The second-order valence-corrected chi connectivity index (χ2v) is 6.61. The second kappa shape index (κ2) is 8.70. The molecule has 0 amide bonds. The Morgan fingerprint density at radius 2 is 1.04 bits per heavy atom. The van der Waals surface area contributed by atoms with Crippen molar-refractivity contribution < 1.29 is 13.2 Å². The smallest absolute Gasteiger partial charge is 0.129 e. The van der Waals surface area contributed by atoms with Crippen LogP contribution in [-0.4, -0.2) is 0 Å². The van der Waals surface area contributed by atoms with Crippen LogP contribution in [0.2, 0.25) is 0 Å². The Bertz CT molecular complexity index is 836. The van der Waals surface area contributed by atoms with Crippen molar-refractivity contribution in [3.8, 4) is 0 Å². The topological polar surface area (TPSA) is 0 Å². The van der Waals surface area contributed by atoms with Crippen molar-refractivity contribution >= 4 is 0 Å². The molecule has 0 unspecified atom stereocenters. The van der Waals surface area contributed by atoms with Gasteiger partial charge in [0, 0.05) is 12.0 Å². The maximum absolute atomic E-state index is 13.6. The van der Waals surface area contributed by atoms with Gasteiger partial charge in [0.1, 0.15) is 17.5 Å². The van der Waals surface area contributed by atoms with Crippen molar-refractivity contribution in [2.24, 2.45) is 0 Å². The van der Waals surface area contributed by atoms with Crippen LogP contribution in [0.3, 0.4) is 0 Å². The van der Waals surface area contributed by atoms with Gasteiger partial charge in [0.2, 0.25) is 0 Å². The average molecular weight is 356 g/mol.